The monoisotopic (exact) mass is 676 g/mol. The van der Waals surface area contributed by atoms with Gasteiger partial charge in [-0.3, -0.25) is 14.4 Å². The summed E-state index contributed by atoms with van der Waals surface area (Å²) in [5, 5.41) is 16.7. The van der Waals surface area contributed by atoms with Gasteiger partial charge in [-0.1, -0.05) is 42.0 Å². The number of anilines is 5. The van der Waals surface area contributed by atoms with E-state index in [1.807, 2.05) is 30.0 Å². The van der Waals surface area contributed by atoms with Crippen molar-refractivity contribution in [2.45, 2.75) is 26.3 Å². The second kappa shape index (κ2) is 13.5. The number of aromatic nitrogens is 3. The van der Waals surface area contributed by atoms with E-state index in [0.717, 1.165) is 16.9 Å². The molecule has 1 saturated heterocycles. The van der Waals surface area contributed by atoms with Crippen molar-refractivity contribution < 1.29 is 24.2 Å². The minimum atomic E-state index is -0.578. The fourth-order valence-corrected chi connectivity index (χ4v) is 6.68. The molecule has 3 aromatic heterocycles. The van der Waals surface area contributed by atoms with Gasteiger partial charge in [-0.15, -0.1) is 0 Å². The lowest BCUT2D eigenvalue weighted by Gasteiger charge is -2.47. The number of piperazine rings is 1. The number of β-amino-alcohol motifs (C(OH)–C–C–N with tert-alkyl or cyclic N) is 1. The Labute approximate surface area is 280 Å². The van der Waals surface area contributed by atoms with E-state index in [0.29, 0.717) is 74.6 Å². The molecule has 47 heavy (non-hydrogen) atoms. The molecule has 244 valence electrons. The number of nitrogens with zero attached hydrogens (tertiary/aromatic N) is 6. The van der Waals surface area contributed by atoms with Gasteiger partial charge in [-0.25, -0.2) is 15.0 Å². The van der Waals surface area contributed by atoms with Gasteiger partial charge >= 0.3 is 0 Å². The third-order valence-corrected chi connectivity index (χ3v) is 9.34. The highest BCUT2D eigenvalue weighted by Crippen LogP contribution is 2.39. The number of halogens is 1. The molecule has 0 spiro atoms. The van der Waals surface area contributed by atoms with Crippen molar-refractivity contribution in [1.29, 1.82) is 0 Å². The largest absolute Gasteiger partial charge is 0.493 e. The lowest BCUT2D eigenvalue weighted by atomic mass is 10.0. The van der Waals surface area contributed by atoms with Crippen molar-refractivity contribution in [2.24, 2.45) is 0 Å². The van der Waals surface area contributed by atoms with Crippen molar-refractivity contribution in [1.82, 2.24) is 19.9 Å². The van der Waals surface area contributed by atoms with Gasteiger partial charge < -0.3 is 35.2 Å². The van der Waals surface area contributed by atoms with Crippen molar-refractivity contribution in [3.05, 3.63) is 64.3 Å². The molecule has 6 rings (SSSR count). The Hall–Kier alpha value is -4.79. The van der Waals surface area contributed by atoms with E-state index < -0.39 is 6.04 Å². The van der Waals surface area contributed by atoms with Gasteiger partial charge in [-0.05, 0) is 36.8 Å². The molecule has 0 bridgehead atoms. The first-order valence-corrected chi connectivity index (χ1v) is 16.2. The zero-order chi connectivity index (χ0) is 33.2. The van der Waals surface area contributed by atoms with E-state index in [4.69, 9.17) is 26.3 Å². The van der Waals surface area contributed by atoms with Gasteiger partial charge in [0.1, 0.15) is 10.9 Å². The van der Waals surface area contributed by atoms with Crippen molar-refractivity contribution >= 4 is 68.8 Å². The normalized spacial score (nSPS) is 15.6. The first kappa shape index (κ1) is 32.2. The summed E-state index contributed by atoms with van der Waals surface area (Å²) in [6, 6.07) is 10.2. The summed E-state index contributed by atoms with van der Waals surface area (Å²) in [5.74, 6) is 0.890. The maximum Gasteiger partial charge on any atom is 0.267 e. The molecule has 15 heteroatoms. The van der Waals surface area contributed by atoms with Crippen LogP contribution in [0.25, 0.3) is 11.3 Å². The van der Waals surface area contributed by atoms with Crippen molar-refractivity contribution in [3.63, 3.8) is 0 Å². The summed E-state index contributed by atoms with van der Waals surface area (Å²) in [4.78, 5) is 58.5. The molecule has 5 heterocycles. The highest BCUT2D eigenvalue weighted by atomic mass is 35.5. The number of aryl methyl sites for hydroxylation is 1. The van der Waals surface area contributed by atoms with Gasteiger partial charge in [0.05, 0.1) is 48.5 Å². The van der Waals surface area contributed by atoms with E-state index in [1.165, 1.54) is 18.2 Å². The Morgan fingerprint density at radius 3 is 2.74 bits per heavy atom. The Bertz CT molecular complexity index is 1830. The number of nitrogens with one attached hydrogen (secondary N) is 2. The second-order valence-corrected chi connectivity index (χ2v) is 12.4. The number of amides is 3. The van der Waals surface area contributed by atoms with Gasteiger partial charge in [0.25, 0.3) is 11.8 Å². The molecule has 3 amide bonds. The first-order chi connectivity index (χ1) is 22.7. The maximum absolute atomic E-state index is 13.7. The van der Waals surface area contributed by atoms with E-state index >= 15 is 0 Å². The minimum absolute atomic E-state index is 0.000300. The number of aliphatic hydroxyl groups is 1. The maximum atomic E-state index is 13.7. The Morgan fingerprint density at radius 2 is 2.00 bits per heavy atom. The fraction of sp³-hybridized carbons (Fsp3) is 0.312. The summed E-state index contributed by atoms with van der Waals surface area (Å²) in [5.41, 5.74) is 3.12. The summed E-state index contributed by atoms with van der Waals surface area (Å²) < 4.78 is 5.54. The predicted octanol–water partition coefficient (Wildman–Crippen LogP) is 4.33. The topological polar surface area (TPSA) is 153 Å². The molecule has 2 aliphatic heterocycles. The molecule has 13 nitrogen and oxygen atoms in total. The molecule has 0 radical (unpaired) electrons. The third-order valence-electron chi connectivity index (χ3n) is 8.11. The molecule has 1 fully saturated rings. The number of hydrogen-bond acceptors (Lipinski definition) is 11. The molecular weight excluding hydrogens is 644 g/mol. The average Bonchev–Trinajstić information content (AvgIpc) is 3.56. The Kier molecular flexibility index (Phi) is 9.25. The SMILES string of the molecule is CCC(=O)N1CCN2c3ncc(-c4ccc(OC)c(Nc5ncc(C(=O)Nc6c(C)cccc6Cl)s5)n4)cc3N(CCO)C(=O)C2C1. The lowest BCUT2D eigenvalue weighted by Crippen LogP contribution is -2.64. The van der Waals surface area contributed by atoms with Crippen molar-refractivity contribution in [3.8, 4) is 17.0 Å². The van der Waals surface area contributed by atoms with Crippen LogP contribution in [-0.2, 0) is 9.59 Å². The summed E-state index contributed by atoms with van der Waals surface area (Å²) in [7, 11) is 1.53. The smallest absolute Gasteiger partial charge is 0.267 e. The third kappa shape index (κ3) is 6.31. The van der Waals surface area contributed by atoms with Gasteiger partial charge in [0, 0.05) is 37.8 Å². The molecule has 4 aromatic rings. The number of hydrogen-bond donors (Lipinski definition) is 3. The lowest BCUT2D eigenvalue weighted by molar-refractivity contribution is -0.132. The number of thiazole rings is 1. The van der Waals surface area contributed by atoms with Gasteiger partial charge in [-0.2, -0.15) is 0 Å². The van der Waals surface area contributed by atoms with Crippen LogP contribution in [0.3, 0.4) is 0 Å². The number of pyridine rings is 2. The van der Waals surface area contributed by atoms with E-state index in [-0.39, 0.29) is 37.4 Å². The molecule has 0 saturated carbocycles. The number of carbonyl (C=O) groups excluding carboxylic acids is 3. The Balaban J connectivity index is 1.26. The highest BCUT2D eigenvalue weighted by Gasteiger charge is 2.43. The molecular formula is C32H33ClN8O5S. The number of para-hydroxylation sites is 1. The molecule has 1 aromatic carbocycles. The van der Waals surface area contributed by atoms with E-state index in [1.54, 1.807) is 36.2 Å². The predicted molar refractivity (Wildman–Crippen MR) is 181 cm³/mol. The summed E-state index contributed by atoms with van der Waals surface area (Å²) >= 11 is 7.42. The van der Waals surface area contributed by atoms with Gasteiger partial charge in [0.15, 0.2) is 22.5 Å². The zero-order valence-corrected chi connectivity index (χ0v) is 27.6. The van der Waals surface area contributed by atoms with Crippen LogP contribution in [0.1, 0.15) is 28.6 Å². The van der Waals surface area contributed by atoms with E-state index in [9.17, 15) is 19.5 Å². The second-order valence-electron chi connectivity index (χ2n) is 11.0. The van der Waals surface area contributed by atoms with Crippen LogP contribution in [0.15, 0.2) is 48.8 Å². The number of fused-ring (bicyclic) bond motifs is 3. The minimum Gasteiger partial charge on any atom is -0.493 e. The van der Waals surface area contributed by atoms with Crippen LogP contribution in [-0.4, -0.2) is 88.6 Å². The number of carbonyl (C=O) groups is 3. The van der Waals surface area contributed by atoms with Crippen LogP contribution in [0, 0.1) is 6.92 Å². The van der Waals surface area contributed by atoms with Crippen LogP contribution < -0.4 is 25.2 Å². The zero-order valence-electron chi connectivity index (χ0n) is 26.0. The summed E-state index contributed by atoms with van der Waals surface area (Å²) in [6.07, 6.45) is 3.53. The molecule has 0 aliphatic carbocycles. The molecule has 3 N–H and O–H groups in total. The van der Waals surface area contributed by atoms with Crippen LogP contribution in [0.4, 0.5) is 28.1 Å². The number of methoxy groups -OCH3 is 1. The number of ether oxygens (including phenoxy) is 1. The van der Waals surface area contributed by atoms with Crippen LogP contribution in [0.5, 0.6) is 5.75 Å². The quantitative estimate of drug-likeness (QED) is 0.233. The highest BCUT2D eigenvalue weighted by molar-refractivity contribution is 7.17. The van der Waals surface area contributed by atoms with Gasteiger partial charge in [0.2, 0.25) is 5.91 Å². The Morgan fingerprint density at radius 1 is 1.17 bits per heavy atom. The fourth-order valence-electron chi connectivity index (χ4n) is 5.70. The number of rotatable bonds is 9. The van der Waals surface area contributed by atoms with Crippen LogP contribution in [0.2, 0.25) is 5.02 Å². The number of aliphatic hydroxyl groups excluding tert-OH is 1. The van der Waals surface area contributed by atoms with Crippen molar-refractivity contribution in [2.75, 3.05) is 60.3 Å². The number of benzene rings is 1. The molecule has 1 unspecified atom stereocenters. The molecule has 1 atom stereocenters. The standard InChI is InChI=1S/C32H33ClN8O5S/c1-4-26(43)39-10-11-40-23(17-39)31(45)41(12-13-42)22-14-19(15-34-29(22)40)21-8-9-24(46-3)28(36-21)38-32-35-16-25(47-32)30(44)37-27-18(2)6-5-7-20(27)33/h5-9,14-16,23,42H,4,10-13,17H2,1-3H3,(H,37,44)(H,35,36,38). The summed E-state index contributed by atoms with van der Waals surface area (Å²) in [6.45, 7) is 4.75. The van der Waals surface area contributed by atoms with E-state index in [2.05, 4.69) is 15.6 Å². The average molecular weight is 677 g/mol. The van der Waals surface area contributed by atoms with Crippen LogP contribution >= 0.6 is 22.9 Å². The first-order valence-electron chi connectivity index (χ1n) is 15.0. The molecule has 2 aliphatic rings.